The van der Waals surface area contributed by atoms with Gasteiger partial charge in [-0.2, -0.15) is 0 Å². The van der Waals surface area contributed by atoms with E-state index in [0.29, 0.717) is 0 Å². The van der Waals surface area contributed by atoms with Crippen molar-refractivity contribution in [2.45, 2.75) is 13.8 Å². The summed E-state index contributed by atoms with van der Waals surface area (Å²) in [4.78, 5) is 10.4. The lowest BCUT2D eigenvalue weighted by Gasteiger charge is -2.04. The van der Waals surface area contributed by atoms with Crippen LogP contribution in [0.25, 0.3) is 6.08 Å². The second kappa shape index (κ2) is 4.42. The second-order valence-electron chi connectivity index (χ2n) is 3.15. The summed E-state index contributed by atoms with van der Waals surface area (Å²) in [6.07, 6.45) is 2.74. The molecular weight excluding hydrogens is 244 g/mol. The third kappa shape index (κ3) is 2.70. The van der Waals surface area contributed by atoms with Crippen molar-refractivity contribution in [2.24, 2.45) is 0 Å². The van der Waals surface area contributed by atoms with Crippen molar-refractivity contribution in [3.05, 3.63) is 39.4 Å². The largest absolute Gasteiger partial charge is 0.478 e. The molecule has 0 aliphatic rings. The third-order valence-electron chi connectivity index (χ3n) is 1.87. The van der Waals surface area contributed by atoms with Crippen LogP contribution in [0, 0.1) is 13.8 Å². The first-order valence-corrected chi connectivity index (χ1v) is 4.98. The van der Waals surface area contributed by atoms with Crippen molar-refractivity contribution in [3.8, 4) is 0 Å². The molecule has 3 heteroatoms. The molecule has 1 aromatic carbocycles. The van der Waals surface area contributed by atoms with Gasteiger partial charge in [0, 0.05) is 10.5 Å². The molecule has 0 saturated carbocycles. The van der Waals surface area contributed by atoms with Crippen LogP contribution in [0.15, 0.2) is 22.7 Å². The highest BCUT2D eigenvalue weighted by Gasteiger charge is 2.01. The van der Waals surface area contributed by atoms with Crippen LogP contribution in [0.5, 0.6) is 0 Å². The molecule has 0 aliphatic carbocycles. The number of aliphatic carboxylic acids is 1. The van der Waals surface area contributed by atoms with E-state index in [1.165, 1.54) is 0 Å². The summed E-state index contributed by atoms with van der Waals surface area (Å²) in [5, 5.41) is 8.51. The Hall–Kier alpha value is -1.09. The first-order valence-electron chi connectivity index (χ1n) is 4.18. The Bertz CT molecular complexity index is 371. The van der Waals surface area contributed by atoms with Gasteiger partial charge in [-0.3, -0.25) is 0 Å². The quantitative estimate of drug-likeness (QED) is 0.824. The van der Waals surface area contributed by atoms with Crippen LogP contribution < -0.4 is 0 Å². The van der Waals surface area contributed by atoms with Gasteiger partial charge in [-0.1, -0.05) is 22.0 Å². The Morgan fingerprint density at radius 3 is 2.57 bits per heavy atom. The van der Waals surface area contributed by atoms with Gasteiger partial charge in [-0.25, -0.2) is 4.79 Å². The van der Waals surface area contributed by atoms with Crippen LogP contribution in [0.3, 0.4) is 0 Å². The molecule has 0 fully saturated rings. The van der Waals surface area contributed by atoms with E-state index in [1.54, 1.807) is 6.08 Å². The number of hydrogen-bond donors (Lipinski definition) is 1. The average Bonchev–Trinajstić information content (AvgIpc) is 2.01. The molecule has 1 rings (SSSR count). The minimum absolute atomic E-state index is 0.915. The Morgan fingerprint density at radius 1 is 1.43 bits per heavy atom. The number of benzene rings is 1. The van der Waals surface area contributed by atoms with Gasteiger partial charge in [0.15, 0.2) is 0 Å². The molecule has 0 amide bonds. The molecule has 14 heavy (non-hydrogen) atoms. The van der Waals surface area contributed by atoms with Gasteiger partial charge < -0.3 is 5.11 Å². The topological polar surface area (TPSA) is 37.3 Å². The molecule has 0 unspecified atom stereocenters. The van der Waals surface area contributed by atoms with Gasteiger partial charge in [0.2, 0.25) is 0 Å². The monoisotopic (exact) mass is 254 g/mol. The lowest BCUT2D eigenvalue weighted by molar-refractivity contribution is -0.131. The van der Waals surface area contributed by atoms with E-state index in [0.717, 1.165) is 27.2 Å². The molecule has 1 N–H and O–H groups in total. The van der Waals surface area contributed by atoms with E-state index in [1.807, 2.05) is 26.0 Å². The Morgan fingerprint density at radius 2 is 2.07 bits per heavy atom. The number of carboxylic acid groups (broad SMARTS) is 1. The van der Waals surface area contributed by atoms with Crippen molar-refractivity contribution in [1.29, 1.82) is 0 Å². The van der Waals surface area contributed by atoms with Crippen LogP contribution >= 0.6 is 15.9 Å². The molecule has 0 spiro atoms. The Kier molecular flexibility index (Phi) is 3.47. The average molecular weight is 255 g/mol. The molecule has 0 radical (unpaired) electrons. The van der Waals surface area contributed by atoms with E-state index in [9.17, 15) is 4.79 Å². The maximum absolute atomic E-state index is 10.4. The minimum Gasteiger partial charge on any atom is -0.478 e. The van der Waals surface area contributed by atoms with Gasteiger partial charge >= 0.3 is 5.97 Å². The first kappa shape index (κ1) is 11.0. The van der Waals surface area contributed by atoms with Gasteiger partial charge in [0.25, 0.3) is 0 Å². The predicted molar refractivity (Wildman–Crippen MR) is 60.3 cm³/mol. The van der Waals surface area contributed by atoms with Gasteiger partial charge in [-0.05, 0) is 42.7 Å². The zero-order valence-electron chi connectivity index (χ0n) is 8.04. The van der Waals surface area contributed by atoms with Crippen LogP contribution in [0.1, 0.15) is 16.7 Å². The van der Waals surface area contributed by atoms with Crippen LogP contribution in [0.2, 0.25) is 0 Å². The molecule has 0 bridgehead atoms. The molecule has 74 valence electrons. The highest BCUT2D eigenvalue weighted by molar-refractivity contribution is 9.10. The normalized spacial score (nSPS) is 10.8. The van der Waals surface area contributed by atoms with E-state index in [4.69, 9.17) is 5.11 Å². The van der Waals surface area contributed by atoms with Gasteiger partial charge in [0.1, 0.15) is 0 Å². The number of hydrogen-bond acceptors (Lipinski definition) is 1. The number of halogens is 1. The van der Waals surface area contributed by atoms with Crippen molar-refractivity contribution in [1.82, 2.24) is 0 Å². The van der Waals surface area contributed by atoms with Crippen LogP contribution in [0.4, 0.5) is 0 Å². The molecule has 0 atom stereocenters. The molecule has 2 nitrogen and oxygen atoms in total. The van der Waals surface area contributed by atoms with Crippen LogP contribution in [-0.2, 0) is 4.79 Å². The molecule has 0 heterocycles. The summed E-state index contributed by atoms with van der Waals surface area (Å²) < 4.78 is 0.924. The van der Waals surface area contributed by atoms with E-state index in [-0.39, 0.29) is 0 Å². The maximum atomic E-state index is 10.4. The first-order chi connectivity index (χ1) is 6.50. The second-order valence-corrected chi connectivity index (χ2v) is 4.00. The van der Waals surface area contributed by atoms with E-state index < -0.39 is 5.97 Å². The Balaban J connectivity index is 3.15. The van der Waals surface area contributed by atoms with Crippen molar-refractivity contribution in [3.63, 3.8) is 0 Å². The standard InChI is InChI=1S/C11H11BrO2/c1-7-5-8(2)9(10(12)6-7)3-4-11(13)14/h3-6H,1-2H3,(H,13,14). The molecular formula is C11H11BrO2. The number of aryl methyl sites for hydroxylation is 2. The fourth-order valence-corrected chi connectivity index (χ4v) is 2.10. The lowest BCUT2D eigenvalue weighted by atomic mass is 10.1. The van der Waals surface area contributed by atoms with Crippen LogP contribution in [-0.4, -0.2) is 11.1 Å². The predicted octanol–water partition coefficient (Wildman–Crippen LogP) is 3.16. The molecule has 0 aromatic heterocycles. The van der Waals surface area contributed by atoms with E-state index >= 15 is 0 Å². The number of carboxylic acids is 1. The highest BCUT2D eigenvalue weighted by atomic mass is 79.9. The summed E-state index contributed by atoms with van der Waals surface area (Å²) in [6.45, 7) is 3.96. The van der Waals surface area contributed by atoms with Crippen molar-refractivity contribution in [2.75, 3.05) is 0 Å². The lowest BCUT2D eigenvalue weighted by Crippen LogP contribution is -1.89. The summed E-state index contributed by atoms with van der Waals surface area (Å²) in [5.41, 5.74) is 3.13. The number of rotatable bonds is 2. The van der Waals surface area contributed by atoms with E-state index in [2.05, 4.69) is 15.9 Å². The van der Waals surface area contributed by atoms with Gasteiger partial charge in [-0.15, -0.1) is 0 Å². The fourth-order valence-electron chi connectivity index (χ4n) is 1.29. The SMILES string of the molecule is Cc1cc(C)c(C=CC(=O)O)c(Br)c1. The minimum atomic E-state index is -0.933. The summed E-state index contributed by atoms with van der Waals surface area (Å²) in [5.74, 6) is -0.933. The maximum Gasteiger partial charge on any atom is 0.328 e. The Labute approximate surface area is 91.4 Å². The number of carbonyl (C=O) groups is 1. The fraction of sp³-hybridized carbons (Fsp3) is 0.182. The molecule has 0 aliphatic heterocycles. The van der Waals surface area contributed by atoms with Crippen molar-refractivity contribution >= 4 is 28.0 Å². The molecule has 0 saturated heterocycles. The zero-order chi connectivity index (χ0) is 10.7. The highest BCUT2D eigenvalue weighted by Crippen LogP contribution is 2.23. The summed E-state index contributed by atoms with van der Waals surface area (Å²) in [7, 11) is 0. The summed E-state index contributed by atoms with van der Waals surface area (Å²) >= 11 is 3.40. The van der Waals surface area contributed by atoms with Gasteiger partial charge in [0.05, 0.1) is 0 Å². The summed E-state index contributed by atoms with van der Waals surface area (Å²) in [6, 6.07) is 3.99. The smallest absolute Gasteiger partial charge is 0.328 e. The zero-order valence-corrected chi connectivity index (χ0v) is 9.63. The molecule has 1 aromatic rings. The third-order valence-corrected chi connectivity index (χ3v) is 2.53. The van der Waals surface area contributed by atoms with Crippen molar-refractivity contribution < 1.29 is 9.90 Å².